The minimum Gasteiger partial charge on any atom is 0 e. The topological polar surface area (TPSA) is 0 Å². The smallest absolute Gasteiger partial charge is 0 e. The Morgan fingerprint density at radius 2 is 1.00 bits per heavy atom. The molecule has 0 aromatic rings. The summed E-state index contributed by atoms with van der Waals surface area (Å²) in [6.07, 6.45) is 0. The molecule has 0 nitrogen and oxygen atoms in total. The van der Waals surface area contributed by atoms with Crippen LogP contribution in [-0.4, -0.2) is 8.41 Å². The van der Waals surface area contributed by atoms with Crippen molar-refractivity contribution >= 4 is 8.41 Å². The Morgan fingerprint density at radius 3 is 1.00 bits per heavy atom. The first-order chi connectivity index (χ1) is 0. The van der Waals surface area contributed by atoms with Crippen LogP contribution in [0, 0.1) is 118 Å². The molecule has 0 aliphatic rings. The molecule has 0 N–H and O–H groups in total. The number of rotatable bonds is 0. The molecule has 0 amide bonds. The van der Waals surface area contributed by atoms with Crippen LogP contribution in [0.3, 0.4) is 0 Å². The van der Waals surface area contributed by atoms with Gasteiger partial charge in [0.25, 0.3) is 0 Å². The summed E-state index contributed by atoms with van der Waals surface area (Å²) in [7, 11) is 0. The minimum atomic E-state index is 0. The molecule has 0 aromatic heterocycles. The van der Waals surface area contributed by atoms with Gasteiger partial charge in [0.05, 0.1) is 0 Å². The summed E-state index contributed by atoms with van der Waals surface area (Å²) < 4.78 is 0. The van der Waals surface area contributed by atoms with Gasteiger partial charge in [-0.05, 0) is 0 Å². The standard InChI is InChI=1S/B.Ce.Fe.La.Nd. The van der Waals surface area contributed by atoms with Crippen molar-refractivity contribution in [3.05, 3.63) is 0 Å². The van der Waals surface area contributed by atoms with Crippen molar-refractivity contribution in [2.24, 2.45) is 0 Å². The van der Waals surface area contributed by atoms with Crippen LogP contribution in [0.25, 0.3) is 0 Å². The third kappa shape index (κ3) is 17.7. The first kappa shape index (κ1) is 33.9. The van der Waals surface area contributed by atoms with Crippen LogP contribution in [-0.2, 0) is 17.1 Å². The third-order valence-corrected chi connectivity index (χ3v) is 0. The van der Waals surface area contributed by atoms with Crippen LogP contribution in [0.15, 0.2) is 0 Å². The molecular weight excluding hydrogens is 490 g/mol. The zero-order valence-electron chi connectivity index (χ0n) is 2.51. The Labute approximate surface area is 139 Å². The molecule has 0 aliphatic carbocycles. The fourth-order valence-corrected chi connectivity index (χ4v) is 0. The second-order valence-corrected chi connectivity index (χ2v) is 0. The molecule has 0 unspecified atom stereocenters. The fourth-order valence-electron chi connectivity index (χ4n) is 0. The maximum absolute atomic E-state index is 0. The van der Waals surface area contributed by atoms with E-state index in [1.807, 2.05) is 0 Å². The Hall–Kier alpha value is 4.51. The second kappa shape index (κ2) is 23.6. The molecule has 4 radical (unpaired) electrons. The van der Waals surface area contributed by atoms with Gasteiger partial charge in [-0.2, -0.15) is 0 Å². The molecule has 5 heteroatoms. The van der Waals surface area contributed by atoms with Gasteiger partial charge in [0.1, 0.15) is 0 Å². The van der Waals surface area contributed by atoms with E-state index in [-0.39, 0.29) is 144 Å². The first-order valence-corrected chi connectivity index (χ1v) is 0. The van der Waals surface area contributed by atoms with Crippen molar-refractivity contribution in [2.75, 3.05) is 0 Å². The van der Waals surface area contributed by atoms with Crippen molar-refractivity contribution < 1.29 is 135 Å². The van der Waals surface area contributed by atoms with E-state index >= 15 is 0 Å². The molecule has 5 heavy (non-hydrogen) atoms. The van der Waals surface area contributed by atoms with Gasteiger partial charge in [-0.3, -0.25) is 0 Å². The van der Waals surface area contributed by atoms with Crippen LogP contribution in [0.4, 0.5) is 0 Å². The number of hydrogen-bond donors (Lipinski definition) is 0. The summed E-state index contributed by atoms with van der Waals surface area (Å²) in [6.45, 7) is 0. The van der Waals surface area contributed by atoms with Gasteiger partial charge in [-0.25, -0.2) is 0 Å². The number of hydrogen-bond acceptors (Lipinski definition) is 0. The van der Waals surface area contributed by atoms with Crippen LogP contribution in [0.5, 0.6) is 0 Å². The van der Waals surface area contributed by atoms with E-state index in [4.69, 9.17) is 0 Å². The van der Waals surface area contributed by atoms with E-state index in [0.29, 0.717) is 0 Å². The van der Waals surface area contributed by atoms with Gasteiger partial charge in [-0.15, -0.1) is 0 Å². The van der Waals surface area contributed by atoms with Crippen LogP contribution < -0.4 is 0 Å². The van der Waals surface area contributed by atoms with E-state index < -0.39 is 0 Å². The summed E-state index contributed by atoms with van der Waals surface area (Å²) in [5.74, 6) is 0. The van der Waals surface area contributed by atoms with E-state index in [2.05, 4.69) is 0 Å². The molecular formula is BCeFeLaNd. The zero-order valence-corrected chi connectivity index (χ0v) is 13.6. The SMILES string of the molecule is [B].[Ce].[Fe].[La].[Nd]. The van der Waals surface area contributed by atoms with E-state index in [1.54, 1.807) is 0 Å². The van der Waals surface area contributed by atoms with Crippen molar-refractivity contribution in [1.29, 1.82) is 0 Å². The first-order valence-electron chi connectivity index (χ1n) is 0. The normalized spacial score (nSPS) is 0. The van der Waals surface area contributed by atoms with Gasteiger partial charge < -0.3 is 0 Å². The maximum atomic E-state index is 0. The second-order valence-electron chi connectivity index (χ2n) is 0. The van der Waals surface area contributed by atoms with Crippen molar-refractivity contribution in [3.63, 3.8) is 0 Å². The van der Waals surface area contributed by atoms with E-state index in [0.717, 1.165) is 0 Å². The third-order valence-electron chi connectivity index (χ3n) is 0. The molecule has 0 rings (SSSR count). The van der Waals surface area contributed by atoms with Crippen molar-refractivity contribution in [1.82, 2.24) is 0 Å². The summed E-state index contributed by atoms with van der Waals surface area (Å²) in [5.41, 5.74) is 0. The van der Waals surface area contributed by atoms with Crippen LogP contribution in [0.1, 0.15) is 0 Å². The Balaban J connectivity index is 0. The average molecular weight is 490 g/mol. The van der Waals surface area contributed by atoms with Gasteiger partial charge in [0, 0.05) is 144 Å². The van der Waals surface area contributed by atoms with Gasteiger partial charge in [-0.1, -0.05) is 0 Å². The monoisotopic (exact) mass is 488 g/mol. The molecule has 0 bridgehead atoms. The minimum absolute atomic E-state index is 0. The van der Waals surface area contributed by atoms with Crippen LogP contribution >= 0.6 is 0 Å². The Kier molecular flexibility index (Phi) is 160. The molecule has 0 fully saturated rings. The Bertz CT molecular complexity index is 11.6. The van der Waals surface area contributed by atoms with Crippen molar-refractivity contribution in [2.45, 2.75) is 0 Å². The van der Waals surface area contributed by atoms with E-state index in [1.165, 1.54) is 0 Å². The van der Waals surface area contributed by atoms with Gasteiger partial charge >= 0.3 is 0 Å². The molecule has 0 saturated heterocycles. The molecule has 0 aliphatic heterocycles. The predicted molar refractivity (Wildman–Crippen MR) is 5.75 cm³/mol. The zero-order chi connectivity index (χ0) is 0. The summed E-state index contributed by atoms with van der Waals surface area (Å²) in [5, 5.41) is 0. The molecule has 0 heterocycles. The molecule has 0 spiro atoms. The van der Waals surface area contributed by atoms with Crippen LogP contribution in [0.2, 0.25) is 0 Å². The van der Waals surface area contributed by atoms with Gasteiger partial charge in [0.2, 0.25) is 0 Å². The maximum Gasteiger partial charge on any atom is 0 e. The summed E-state index contributed by atoms with van der Waals surface area (Å²) in [4.78, 5) is 0. The predicted octanol–water partition coefficient (Wildman–Crippen LogP) is -0.383. The summed E-state index contributed by atoms with van der Waals surface area (Å²) in [6, 6.07) is 0. The molecule has 0 saturated carbocycles. The van der Waals surface area contributed by atoms with Crippen molar-refractivity contribution in [3.8, 4) is 0 Å². The molecule has 0 aromatic carbocycles. The fraction of sp³-hybridized carbons (Fsp3) is 0. The average Bonchev–Trinajstić information content (AvgIpc) is 0. The molecule has 0 atom stereocenters. The summed E-state index contributed by atoms with van der Waals surface area (Å²) >= 11 is 0. The van der Waals surface area contributed by atoms with E-state index in [9.17, 15) is 0 Å². The largest absolute Gasteiger partial charge is 0 e. The Morgan fingerprint density at radius 1 is 1.00 bits per heavy atom. The quantitative estimate of drug-likeness (QED) is 0.407. The molecule has 22 valence electrons. The van der Waals surface area contributed by atoms with Gasteiger partial charge in [0.15, 0.2) is 0 Å².